The molecule has 0 radical (unpaired) electrons. The Bertz CT molecular complexity index is 530. The molecule has 0 heterocycles. The third-order valence-electron chi connectivity index (χ3n) is 3.37. The molecule has 0 unspecified atom stereocenters. The molecule has 0 aliphatic rings. The Balaban J connectivity index is 1.73. The average molecular weight is 429 g/mol. The number of para-hydroxylation sites is 1. The lowest BCUT2D eigenvalue weighted by Gasteiger charge is -2.19. The molecule has 0 spiro atoms. The molecule has 30 heavy (non-hydrogen) atoms. The van der Waals surface area contributed by atoms with Gasteiger partial charge < -0.3 is 33.2 Å². The topological polar surface area (TPSA) is 81.7 Å². The average Bonchev–Trinajstić information content (AvgIpc) is 2.69. The van der Waals surface area contributed by atoms with Gasteiger partial charge in [0, 0.05) is 0 Å². The molecule has 0 amide bonds. The van der Waals surface area contributed by atoms with Crippen LogP contribution in [0, 0.1) is 0 Å². The van der Waals surface area contributed by atoms with Gasteiger partial charge >= 0.3 is 5.97 Å². The summed E-state index contributed by atoms with van der Waals surface area (Å²) < 4.78 is 37.5. The number of hydrogen-bond donors (Lipinski definition) is 0. The van der Waals surface area contributed by atoms with Gasteiger partial charge in [-0.2, -0.15) is 0 Å². The van der Waals surface area contributed by atoms with Crippen molar-refractivity contribution >= 4 is 5.97 Å². The van der Waals surface area contributed by atoms with Crippen molar-refractivity contribution in [2.45, 2.75) is 26.4 Å². The van der Waals surface area contributed by atoms with E-state index in [9.17, 15) is 4.79 Å². The molecule has 0 aromatic heterocycles. The number of carbonyl (C=O) groups is 1. The van der Waals surface area contributed by atoms with Gasteiger partial charge in [-0.3, -0.25) is 0 Å². The highest BCUT2D eigenvalue weighted by Crippen LogP contribution is 2.07. The maximum absolute atomic E-state index is 11.4. The third-order valence-corrected chi connectivity index (χ3v) is 3.37. The first kappa shape index (κ1) is 26.3. The van der Waals surface area contributed by atoms with E-state index in [1.807, 2.05) is 51.1 Å². The molecule has 8 heteroatoms. The number of esters is 1. The van der Waals surface area contributed by atoms with Crippen molar-refractivity contribution in [1.29, 1.82) is 0 Å². The molecule has 0 saturated carbocycles. The predicted octanol–water partition coefficient (Wildman–Crippen LogP) is 2.49. The van der Waals surface area contributed by atoms with Crippen LogP contribution >= 0.6 is 0 Å². The second kappa shape index (κ2) is 17.0. The largest absolute Gasteiger partial charge is 0.491 e. The molecule has 8 nitrogen and oxygen atoms in total. The van der Waals surface area contributed by atoms with Crippen molar-refractivity contribution in [3.05, 3.63) is 30.3 Å². The zero-order valence-corrected chi connectivity index (χ0v) is 18.4. The van der Waals surface area contributed by atoms with Gasteiger partial charge in [0.05, 0.1) is 59.5 Å². The minimum Gasteiger partial charge on any atom is -0.491 e. The smallest absolute Gasteiger partial charge is 0.332 e. The summed E-state index contributed by atoms with van der Waals surface area (Å²) in [5.41, 5.74) is -0.498. The Morgan fingerprint density at radius 2 is 1.10 bits per heavy atom. The summed E-state index contributed by atoms with van der Waals surface area (Å²) in [6, 6.07) is 9.64. The van der Waals surface area contributed by atoms with Crippen molar-refractivity contribution in [3.63, 3.8) is 0 Å². The van der Waals surface area contributed by atoms with Crippen LogP contribution < -0.4 is 4.74 Å². The molecule has 0 aliphatic carbocycles. The lowest BCUT2D eigenvalue weighted by molar-refractivity contribution is -0.160. The van der Waals surface area contributed by atoms with Crippen molar-refractivity contribution in [2.24, 2.45) is 0 Å². The van der Waals surface area contributed by atoms with E-state index in [1.165, 1.54) is 0 Å². The van der Waals surface area contributed by atoms with Gasteiger partial charge in [0.2, 0.25) is 0 Å². The second-order valence-electron chi connectivity index (χ2n) is 7.25. The monoisotopic (exact) mass is 428 g/mol. The van der Waals surface area contributed by atoms with Gasteiger partial charge in [0.1, 0.15) is 24.6 Å². The number of hydrogen-bond acceptors (Lipinski definition) is 8. The second-order valence-corrected chi connectivity index (χ2v) is 7.25. The van der Waals surface area contributed by atoms with E-state index in [0.29, 0.717) is 66.1 Å². The fourth-order valence-electron chi connectivity index (χ4n) is 2.14. The summed E-state index contributed by atoms with van der Waals surface area (Å²) in [6.07, 6.45) is 0. The molecule has 0 atom stereocenters. The summed E-state index contributed by atoms with van der Waals surface area (Å²) >= 11 is 0. The Morgan fingerprint density at radius 1 is 0.667 bits per heavy atom. The van der Waals surface area contributed by atoms with Crippen LogP contribution in [0.4, 0.5) is 0 Å². The van der Waals surface area contributed by atoms with E-state index in [-0.39, 0.29) is 12.6 Å². The van der Waals surface area contributed by atoms with Crippen LogP contribution in [0.5, 0.6) is 5.75 Å². The van der Waals surface area contributed by atoms with Crippen molar-refractivity contribution < 1.29 is 38.0 Å². The zero-order valence-electron chi connectivity index (χ0n) is 18.4. The quantitative estimate of drug-likeness (QED) is 0.261. The summed E-state index contributed by atoms with van der Waals surface area (Å²) in [5, 5.41) is 0. The van der Waals surface area contributed by atoms with E-state index in [0.717, 1.165) is 5.75 Å². The summed E-state index contributed by atoms with van der Waals surface area (Å²) in [4.78, 5) is 11.4. The first-order valence-electron chi connectivity index (χ1n) is 10.3. The molecule has 0 N–H and O–H groups in total. The maximum atomic E-state index is 11.4. The molecular formula is C22H36O8. The number of benzene rings is 1. The van der Waals surface area contributed by atoms with Crippen molar-refractivity contribution in [2.75, 3.05) is 72.7 Å². The Morgan fingerprint density at radius 3 is 1.57 bits per heavy atom. The summed E-state index contributed by atoms with van der Waals surface area (Å²) in [5.74, 6) is 0.462. The van der Waals surface area contributed by atoms with Crippen molar-refractivity contribution in [1.82, 2.24) is 0 Å². The van der Waals surface area contributed by atoms with Crippen molar-refractivity contribution in [3.8, 4) is 5.75 Å². The molecule has 1 aromatic rings. The molecule has 0 bridgehead atoms. The molecule has 0 aliphatic heterocycles. The molecule has 172 valence electrons. The predicted molar refractivity (Wildman–Crippen MR) is 112 cm³/mol. The normalized spacial score (nSPS) is 11.4. The van der Waals surface area contributed by atoms with E-state index in [4.69, 9.17) is 33.2 Å². The first-order valence-corrected chi connectivity index (χ1v) is 10.3. The SMILES string of the molecule is CC(C)(C)OC(=O)COCCOCCOCCOCCOCCOc1ccccc1. The minimum absolute atomic E-state index is 0.0712. The number of ether oxygens (including phenoxy) is 7. The van der Waals surface area contributed by atoms with Gasteiger partial charge in [0.25, 0.3) is 0 Å². The third kappa shape index (κ3) is 17.2. The van der Waals surface area contributed by atoms with Crippen LogP contribution in [0.2, 0.25) is 0 Å². The fourth-order valence-corrected chi connectivity index (χ4v) is 2.14. The van der Waals surface area contributed by atoms with Gasteiger partial charge in [-0.05, 0) is 32.9 Å². The van der Waals surface area contributed by atoms with Crippen LogP contribution in [-0.4, -0.2) is 84.2 Å². The van der Waals surface area contributed by atoms with Crippen LogP contribution in [0.3, 0.4) is 0 Å². The standard InChI is InChI=1S/C22H36O8/c1-22(2,3)30-21(23)19-28-16-15-26-12-11-24-9-10-25-13-14-27-17-18-29-20-7-5-4-6-8-20/h4-8H,9-19H2,1-3H3. The Labute approximate surface area is 179 Å². The van der Waals surface area contributed by atoms with Crippen LogP contribution in [0.15, 0.2) is 30.3 Å². The maximum Gasteiger partial charge on any atom is 0.332 e. The molecule has 0 saturated heterocycles. The van der Waals surface area contributed by atoms with Gasteiger partial charge in [-0.25, -0.2) is 4.79 Å². The van der Waals surface area contributed by atoms with E-state index < -0.39 is 5.60 Å². The van der Waals surface area contributed by atoms with E-state index in [1.54, 1.807) is 0 Å². The Hall–Kier alpha value is -1.71. The first-order chi connectivity index (χ1) is 14.5. The minimum atomic E-state index is -0.498. The molecule has 1 rings (SSSR count). The fraction of sp³-hybridized carbons (Fsp3) is 0.682. The summed E-state index contributed by atoms with van der Waals surface area (Å²) in [7, 11) is 0. The zero-order chi connectivity index (χ0) is 21.9. The highest BCUT2D eigenvalue weighted by atomic mass is 16.6. The van der Waals surface area contributed by atoms with Crippen LogP contribution in [0.1, 0.15) is 20.8 Å². The van der Waals surface area contributed by atoms with Crippen LogP contribution in [-0.2, 0) is 33.2 Å². The lowest BCUT2D eigenvalue weighted by Crippen LogP contribution is -2.27. The highest BCUT2D eigenvalue weighted by molar-refractivity contribution is 5.71. The van der Waals surface area contributed by atoms with E-state index in [2.05, 4.69) is 0 Å². The molecule has 1 aromatic carbocycles. The van der Waals surface area contributed by atoms with Gasteiger partial charge in [-0.1, -0.05) is 18.2 Å². The van der Waals surface area contributed by atoms with Crippen LogP contribution in [0.25, 0.3) is 0 Å². The number of carbonyl (C=O) groups excluding carboxylic acids is 1. The summed E-state index contributed by atoms with van der Waals surface area (Å²) in [6.45, 7) is 10.1. The molecule has 0 fully saturated rings. The van der Waals surface area contributed by atoms with Gasteiger partial charge in [-0.15, -0.1) is 0 Å². The molecular weight excluding hydrogens is 392 g/mol. The van der Waals surface area contributed by atoms with Gasteiger partial charge in [0.15, 0.2) is 0 Å². The lowest BCUT2D eigenvalue weighted by atomic mass is 10.2. The van der Waals surface area contributed by atoms with E-state index >= 15 is 0 Å². The highest BCUT2D eigenvalue weighted by Gasteiger charge is 2.15. The Kier molecular flexibility index (Phi) is 14.9. The number of rotatable bonds is 18.